The predicted octanol–water partition coefficient (Wildman–Crippen LogP) is 18.9. The van der Waals surface area contributed by atoms with Gasteiger partial charge in [-0.3, -0.25) is 24.0 Å². The quantitative estimate of drug-likeness (QED) is 0.0979. The predicted molar refractivity (Wildman–Crippen MR) is 525 cm³/mol. The molecule has 0 N–H and O–H groups in total. The minimum Gasteiger partial charge on any atom is -0.497 e. The van der Waals surface area contributed by atoms with Gasteiger partial charge in [0.15, 0.2) is 52.0 Å². The molecule has 0 radical (unpaired) electrons. The van der Waals surface area contributed by atoms with Crippen LogP contribution in [0.4, 0.5) is 8.78 Å². The van der Waals surface area contributed by atoms with Crippen LogP contribution in [0, 0.1) is 11.6 Å². The van der Waals surface area contributed by atoms with E-state index >= 15 is 4.39 Å². The Morgan fingerprint density at radius 3 is 0.754 bits per heavy atom. The maximum Gasteiger partial charge on any atom is 0.226 e. The lowest BCUT2D eigenvalue weighted by molar-refractivity contribution is 0.104. The second kappa shape index (κ2) is 38.6. The number of ether oxygens (including phenoxy) is 5. The van der Waals surface area contributed by atoms with E-state index in [0.717, 1.165) is 48.4 Å². The molecule has 0 saturated carbocycles. The number of hydrogen-bond donors (Lipinski definition) is 0. The van der Waals surface area contributed by atoms with E-state index in [9.17, 15) is 28.4 Å². The van der Waals surface area contributed by atoms with Crippen molar-refractivity contribution in [2.45, 2.75) is 27.7 Å². The smallest absolute Gasteiger partial charge is 0.226 e. The van der Waals surface area contributed by atoms with Crippen LogP contribution in [-0.4, -0.2) is 216 Å². The number of carbonyl (C=O) groups excluding carboxylic acids is 5. The molecular formula is C104H88Cl3F2N15O10. The number of benzene rings is 10. The highest BCUT2D eigenvalue weighted by Crippen LogP contribution is 2.47. The van der Waals surface area contributed by atoms with Gasteiger partial charge >= 0.3 is 0 Å². The number of ketones is 5. The van der Waals surface area contributed by atoms with E-state index in [2.05, 4.69) is 53.7 Å². The van der Waals surface area contributed by atoms with Crippen LogP contribution in [0.2, 0.25) is 15.1 Å². The summed E-state index contributed by atoms with van der Waals surface area (Å²) in [6, 6.07) is 62.3. The van der Waals surface area contributed by atoms with Crippen molar-refractivity contribution in [1.82, 2.24) is 24.5 Å². The highest BCUT2D eigenvalue weighted by molar-refractivity contribution is 6.50. The SMILES string of the molecule is CCN(CC)C1=NC2=C(c3cc(OC)ccc3Cl)C(=O)c3ccccc3C2=N1.CCN(CC)C1=NC2=C(c3cccc(OC)c3F)C(=O)c3ccccc3C2=N1.COc1cccc(C2=C3N=C(N(C)C)N=C3c3ccccc3C2=O)c1Cl.COc1cccc(C2=C3N=C(N(C)C)N=C3c3ccccc3C2=O)c1Cl.COc1cccc(C2=C3N=C(N(C)C)N=C3c3ccccc3C2=O)c1F. The number of fused-ring (bicyclic) bond motifs is 15. The molecule has 0 amide bonds. The molecule has 674 valence electrons. The van der Waals surface area contributed by atoms with E-state index in [0.29, 0.717) is 186 Å². The van der Waals surface area contributed by atoms with Crippen molar-refractivity contribution in [3.05, 3.63) is 351 Å². The first kappa shape index (κ1) is 92.0. The molecule has 10 aromatic carbocycles. The molecule has 5 aliphatic carbocycles. The Balaban J connectivity index is 0.000000122. The van der Waals surface area contributed by atoms with Gasteiger partial charge in [-0.25, -0.2) is 58.7 Å². The van der Waals surface area contributed by atoms with Crippen LogP contribution >= 0.6 is 34.8 Å². The van der Waals surface area contributed by atoms with Gasteiger partial charge < -0.3 is 48.2 Å². The second-order valence-electron chi connectivity index (χ2n) is 31.5. The zero-order valence-corrected chi connectivity index (χ0v) is 78.0. The number of halogens is 5. The number of nitrogens with zero attached hydrogens (tertiary/aromatic N) is 15. The Morgan fingerprint density at radius 2 is 0.493 bits per heavy atom. The molecule has 134 heavy (non-hydrogen) atoms. The van der Waals surface area contributed by atoms with Crippen LogP contribution in [0.1, 0.15) is 135 Å². The van der Waals surface area contributed by atoms with Crippen LogP contribution in [0.5, 0.6) is 28.7 Å². The van der Waals surface area contributed by atoms with Gasteiger partial charge in [-0.1, -0.05) is 205 Å². The molecule has 0 spiro atoms. The monoisotopic (exact) mass is 1850 g/mol. The fourth-order valence-electron chi connectivity index (χ4n) is 16.5. The van der Waals surface area contributed by atoms with E-state index in [1.807, 2.05) is 168 Å². The third-order valence-electron chi connectivity index (χ3n) is 23.2. The second-order valence-corrected chi connectivity index (χ2v) is 32.7. The Bertz CT molecular complexity index is 6680. The molecule has 5 aliphatic heterocycles. The highest BCUT2D eigenvalue weighted by atomic mass is 35.5. The number of aliphatic imine (C=N–C) groups is 10. The molecule has 10 aliphatic rings. The van der Waals surface area contributed by atoms with Gasteiger partial charge in [0.2, 0.25) is 29.8 Å². The topological polar surface area (TPSA) is 271 Å². The van der Waals surface area contributed by atoms with Crippen molar-refractivity contribution in [2.24, 2.45) is 49.9 Å². The molecule has 0 unspecified atom stereocenters. The number of allylic oxidation sites excluding steroid dienone is 10. The van der Waals surface area contributed by atoms with Gasteiger partial charge in [-0.05, 0) is 70.2 Å². The molecule has 0 fully saturated rings. The first-order valence-corrected chi connectivity index (χ1v) is 43.9. The summed E-state index contributed by atoms with van der Waals surface area (Å²) in [7, 11) is 18.6. The average Bonchev–Trinajstić information content (AvgIpc) is 1.53. The minimum atomic E-state index is -0.585. The third kappa shape index (κ3) is 16.6. The minimum absolute atomic E-state index is 0.0792. The summed E-state index contributed by atoms with van der Waals surface area (Å²) in [5.41, 5.74) is 16.3. The molecular weight excluding hydrogens is 1760 g/mol. The third-order valence-corrected chi connectivity index (χ3v) is 24.3. The zero-order chi connectivity index (χ0) is 94.9. The summed E-state index contributed by atoms with van der Waals surface area (Å²) < 4.78 is 56.1. The van der Waals surface area contributed by atoms with Crippen LogP contribution < -0.4 is 23.7 Å². The lowest BCUT2D eigenvalue weighted by Crippen LogP contribution is -2.28. The highest BCUT2D eigenvalue weighted by Gasteiger charge is 2.43. The summed E-state index contributed by atoms with van der Waals surface area (Å²) in [4.78, 5) is 122. The molecule has 0 aromatic heterocycles. The number of methoxy groups -OCH3 is 5. The molecule has 20 rings (SSSR count). The summed E-state index contributed by atoms with van der Waals surface area (Å²) in [6.07, 6.45) is 0. The number of Topliss-reactive ketones (excluding diaryl/α,β-unsaturated/α-hetero) is 5. The molecule has 5 heterocycles. The van der Waals surface area contributed by atoms with Gasteiger partial charge in [0.25, 0.3) is 0 Å². The van der Waals surface area contributed by atoms with E-state index < -0.39 is 11.6 Å². The zero-order valence-electron chi connectivity index (χ0n) is 75.7. The molecule has 30 heteroatoms. The normalized spacial score (nSPS) is 15.2. The van der Waals surface area contributed by atoms with Gasteiger partial charge in [0.1, 0.15) is 74.3 Å². The van der Waals surface area contributed by atoms with Crippen molar-refractivity contribution < 1.29 is 56.4 Å². The molecule has 10 aromatic rings. The number of hydrogen-bond acceptors (Lipinski definition) is 25. The number of guanidine groups is 5. The largest absolute Gasteiger partial charge is 0.497 e. The average molecular weight is 1850 g/mol. The van der Waals surface area contributed by atoms with Crippen molar-refractivity contribution >= 4 is 150 Å². The maximum absolute atomic E-state index is 15.0. The number of rotatable bonds is 14. The van der Waals surface area contributed by atoms with Gasteiger partial charge in [0.05, 0.1) is 73.5 Å². The van der Waals surface area contributed by atoms with Gasteiger partial charge in [-0.15, -0.1) is 0 Å². The maximum atomic E-state index is 15.0. The molecule has 0 atom stereocenters. The van der Waals surface area contributed by atoms with Crippen LogP contribution in [0.3, 0.4) is 0 Å². The summed E-state index contributed by atoms with van der Waals surface area (Å²) in [5.74, 6) is 2.51. The first-order chi connectivity index (χ1) is 64.8. The van der Waals surface area contributed by atoms with Crippen LogP contribution in [0.15, 0.2) is 291 Å². The molecule has 0 saturated heterocycles. The Kier molecular flexibility index (Phi) is 26.5. The summed E-state index contributed by atoms with van der Waals surface area (Å²) in [6.45, 7) is 11.2. The Hall–Kier alpha value is -15.3. The van der Waals surface area contributed by atoms with Gasteiger partial charge in [-0.2, -0.15) is 0 Å². The Morgan fingerprint density at radius 1 is 0.261 bits per heavy atom. The molecule has 0 bridgehead atoms. The standard InChI is InChI=1S/C22H20ClN3O2.C22H20FN3O2.2C20H16ClN3O2.C20H16FN3O2/c1-4-26(5-2)22-24-19-14-8-6-7-9-15(14)21(27)18(20(19)25-22)16-12-13(28-3)10-11-17(16)23;1-4-26(5-2)22-24-19-13-9-6-7-10-14(13)21(27)17(20(19)25-22)15-11-8-12-16(28-3)18(15)23;3*1-24(2)20-22-17-11-7-4-5-8-12(11)19(25)15(18(17)23-20)13-9-6-10-14(26-3)16(13)21/h2*6-12H,4-5H2,1-3H3;3*4-10H,1-3H3. The summed E-state index contributed by atoms with van der Waals surface area (Å²) >= 11 is 19.5. The van der Waals surface area contributed by atoms with Crippen LogP contribution in [-0.2, 0) is 0 Å². The fraction of sp³-hybridized carbons (Fsp3) is 0.183. The number of carbonyl (C=O) groups is 5. The van der Waals surface area contributed by atoms with Gasteiger partial charge in [0, 0.05) is 157 Å². The van der Waals surface area contributed by atoms with E-state index in [1.165, 1.54) is 26.4 Å². The van der Waals surface area contributed by atoms with Crippen molar-refractivity contribution in [2.75, 3.05) is 104 Å². The lowest BCUT2D eigenvalue weighted by Gasteiger charge is -2.20. The van der Waals surface area contributed by atoms with Crippen molar-refractivity contribution in [3.8, 4) is 28.7 Å². The Labute approximate surface area is 787 Å². The van der Waals surface area contributed by atoms with Crippen molar-refractivity contribution in [1.29, 1.82) is 0 Å². The molecule has 25 nitrogen and oxygen atoms in total. The summed E-state index contributed by atoms with van der Waals surface area (Å²) in [5, 5.41) is 1.25. The van der Waals surface area contributed by atoms with Crippen molar-refractivity contribution in [3.63, 3.8) is 0 Å². The lowest BCUT2D eigenvalue weighted by atomic mass is 9.83. The van der Waals surface area contributed by atoms with E-state index in [4.69, 9.17) is 73.5 Å². The van der Waals surface area contributed by atoms with Crippen LogP contribution in [0.25, 0.3) is 27.9 Å². The van der Waals surface area contributed by atoms with E-state index in [1.54, 1.807) is 129 Å². The first-order valence-electron chi connectivity index (χ1n) is 42.7. The fourth-order valence-corrected chi connectivity index (χ4v) is 17.3. The van der Waals surface area contributed by atoms with E-state index in [-0.39, 0.29) is 62.7 Å².